The second kappa shape index (κ2) is 9.54. The normalized spacial score (nSPS) is 15.0. The first kappa shape index (κ1) is 23.3. The van der Waals surface area contributed by atoms with Crippen molar-refractivity contribution in [2.45, 2.75) is 33.2 Å². The molecule has 0 aliphatic carbocycles. The molecular formula is C25H30N6O3. The van der Waals surface area contributed by atoms with Gasteiger partial charge in [0, 0.05) is 37.6 Å². The van der Waals surface area contributed by atoms with Crippen LogP contribution in [0.4, 0.5) is 0 Å². The number of aryl methyl sites for hydroxylation is 2. The van der Waals surface area contributed by atoms with Gasteiger partial charge in [-0.2, -0.15) is 10.2 Å². The van der Waals surface area contributed by atoms with Crippen molar-refractivity contribution in [3.05, 3.63) is 53.2 Å². The molecule has 9 nitrogen and oxygen atoms in total. The number of amides is 1. The molecule has 9 heteroatoms. The molecule has 178 valence electrons. The fourth-order valence-corrected chi connectivity index (χ4v) is 4.62. The van der Waals surface area contributed by atoms with E-state index in [1.165, 1.54) is 6.08 Å². The number of nitrogens with zero attached hydrogens (tertiary/aromatic N) is 4. The van der Waals surface area contributed by atoms with Crippen LogP contribution >= 0.6 is 0 Å². The minimum atomic E-state index is -0.0481. The van der Waals surface area contributed by atoms with E-state index in [2.05, 4.69) is 28.3 Å². The zero-order chi connectivity index (χ0) is 24.4. The number of benzene rings is 1. The van der Waals surface area contributed by atoms with Gasteiger partial charge in [-0.3, -0.25) is 14.3 Å². The van der Waals surface area contributed by atoms with Crippen LogP contribution in [0.1, 0.15) is 40.0 Å². The lowest BCUT2D eigenvalue weighted by molar-refractivity contribution is -0.127. The van der Waals surface area contributed by atoms with Gasteiger partial charge in [0.05, 0.1) is 5.56 Å². The predicted molar refractivity (Wildman–Crippen MR) is 132 cm³/mol. The maximum atomic E-state index is 12.0. The number of aromatic nitrogens is 2. The number of aldehydes is 1. The third kappa shape index (κ3) is 4.21. The highest BCUT2D eigenvalue weighted by Gasteiger charge is 2.29. The Kier molecular flexibility index (Phi) is 6.54. The quantitative estimate of drug-likeness (QED) is 0.183. The summed E-state index contributed by atoms with van der Waals surface area (Å²) >= 11 is 0. The van der Waals surface area contributed by atoms with Crippen molar-refractivity contribution in [3.63, 3.8) is 0 Å². The topological polar surface area (TPSA) is 119 Å². The summed E-state index contributed by atoms with van der Waals surface area (Å²) in [5.41, 5.74) is 13.1. The number of nitrogens with two attached hydrogens (primary N) is 1. The van der Waals surface area contributed by atoms with Crippen molar-refractivity contribution in [1.82, 2.24) is 20.1 Å². The number of furan rings is 1. The third-order valence-electron chi connectivity index (χ3n) is 6.42. The molecule has 0 radical (unpaired) electrons. The van der Waals surface area contributed by atoms with E-state index in [-0.39, 0.29) is 23.4 Å². The van der Waals surface area contributed by atoms with Crippen LogP contribution in [0.2, 0.25) is 0 Å². The first-order valence-corrected chi connectivity index (χ1v) is 11.4. The van der Waals surface area contributed by atoms with Crippen LogP contribution in [0.5, 0.6) is 0 Å². The number of carbonyl (C=O) groups excluding carboxylic acids is 2. The maximum Gasteiger partial charge on any atom is 0.245 e. The van der Waals surface area contributed by atoms with E-state index in [0.29, 0.717) is 42.9 Å². The van der Waals surface area contributed by atoms with Crippen LogP contribution < -0.4 is 11.2 Å². The van der Waals surface area contributed by atoms with E-state index in [9.17, 15) is 9.59 Å². The molecule has 3 aromatic rings. The lowest BCUT2D eigenvalue weighted by Crippen LogP contribution is -2.38. The monoisotopic (exact) mass is 462 g/mol. The Morgan fingerprint density at radius 3 is 2.74 bits per heavy atom. The first-order chi connectivity index (χ1) is 16.4. The largest absolute Gasteiger partial charge is 0.454 e. The number of nitrogens with one attached hydrogen (secondary N) is 1. The van der Waals surface area contributed by atoms with Crippen molar-refractivity contribution in [2.24, 2.45) is 16.8 Å². The molecule has 1 amide bonds. The molecule has 1 aliphatic heterocycles. The number of amidine groups is 1. The van der Waals surface area contributed by atoms with Crippen molar-refractivity contribution >= 4 is 29.0 Å². The lowest BCUT2D eigenvalue weighted by atomic mass is 9.96. The fourth-order valence-electron chi connectivity index (χ4n) is 4.62. The van der Waals surface area contributed by atoms with Gasteiger partial charge in [0.2, 0.25) is 5.91 Å². The zero-order valence-electron chi connectivity index (χ0n) is 19.8. The third-order valence-corrected chi connectivity index (χ3v) is 6.42. The molecule has 0 unspecified atom stereocenters. The Bertz CT molecular complexity index is 1280. The summed E-state index contributed by atoms with van der Waals surface area (Å²) in [7, 11) is 1.64. The Hall–Kier alpha value is -3.88. The molecule has 1 fully saturated rings. The Morgan fingerprint density at radius 2 is 2.09 bits per heavy atom. The number of rotatable bonds is 7. The smallest absolute Gasteiger partial charge is 0.245 e. The van der Waals surface area contributed by atoms with E-state index in [4.69, 9.17) is 10.2 Å². The Balaban J connectivity index is 1.80. The van der Waals surface area contributed by atoms with E-state index >= 15 is 0 Å². The number of fused-ring (bicyclic) bond motifs is 1. The molecular weight excluding hydrogens is 432 g/mol. The van der Waals surface area contributed by atoms with E-state index < -0.39 is 0 Å². The van der Waals surface area contributed by atoms with Gasteiger partial charge in [-0.25, -0.2) is 0 Å². The molecule has 0 atom stereocenters. The summed E-state index contributed by atoms with van der Waals surface area (Å²) < 4.78 is 8.10. The molecule has 0 saturated carbocycles. The summed E-state index contributed by atoms with van der Waals surface area (Å²) in [6.07, 6.45) is 3.69. The van der Waals surface area contributed by atoms with E-state index in [1.807, 2.05) is 30.7 Å². The summed E-state index contributed by atoms with van der Waals surface area (Å²) in [4.78, 5) is 25.7. The predicted octanol–water partition coefficient (Wildman–Crippen LogP) is 2.99. The minimum absolute atomic E-state index is 0.0481. The van der Waals surface area contributed by atoms with Gasteiger partial charge in [-0.1, -0.05) is 18.2 Å². The highest BCUT2D eigenvalue weighted by Crippen LogP contribution is 2.37. The summed E-state index contributed by atoms with van der Waals surface area (Å²) in [6.45, 7) is 9.48. The first-order valence-electron chi connectivity index (χ1n) is 11.4. The van der Waals surface area contributed by atoms with Crippen LogP contribution in [-0.4, -0.2) is 52.8 Å². The van der Waals surface area contributed by atoms with Gasteiger partial charge < -0.3 is 20.5 Å². The number of carbonyl (C=O) groups is 2. The molecule has 1 aliphatic rings. The second-order valence-corrected chi connectivity index (χ2v) is 8.66. The van der Waals surface area contributed by atoms with Crippen LogP contribution in [0.15, 0.2) is 40.4 Å². The SMILES string of the molecule is C=CC(=O)N1CCC(Cn2nc(C=O)c(/C(N)=N\NC)c2-c2oc3ccc(C)cc3c2C)CC1. The number of hydrazone groups is 1. The molecule has 0 bridgehead atoms. The van der Waals surface area contributed by atoms with Crippen LogP contribution in [0.25, 0.3) is 22.4 Å². The number of piperidine rings is 1. The average molecular weight is 463 g/mol. The summed E-state index contributed by atoms with van der Waals surface area (Å²) in [6, 6.07) is 6.02. The van der Waals surface area contributed by atoms with Crippen molar-refractivity contribution < 1.29 is 14.0 Å². The van der Waals surface area contributed by atoms with Crippen molar-refractivity contribution in [1.29, 1.82) is 0 Å². The zero-order valence-corrected chi connectivity index (χ0v) is 19.8. The second-order valence-electron chi connectivity index (χ2n) is 8.66. The van der Waals surface area contributed by atoms with Crippen molar-refractivity contribution in [3.8, 4) is 11.5 Å². The van der Waals surface area contributed by atoms with Gasteiger partial charge in [0.25, 0.3) is 0 Å². The van der Waals surface area contributed by atoms with Gasteiger partial charge in [-0.15, -0.1) is 0 Å². The highest BCUT2D eigenvalue weighted by atomic mass is 16.3. The Morgan fingerprint density at radius 1 is 1.35 bits per heavy atom. The van der Waals surface area contributed by atoms with Crippen LogP contribution in [0, 0.1) is 19.8 Å². The molecule has 1 aromatic carbocycles. The van der Waals surface area contributed by atoms with Crippen LogP contribution in [0.3, 0.4) is 0 Å². The molecule has 3 heterocycles. The van der Waals surface area contributed by atoms with E-state index in [1.54, 1.807) is 11.9 Å². The number of hydrogen-bond donors (Lipinski definition) is 2. The maximum absolute atomic E-state index is 12.0. The standard InChI is InChI=1S/C25H30N6O3/c1-5-21(33)30-10-8-17(9-11-30)13-31-23(22(19(14-32)29-31)25(26)28-27-4)24-16(3)18-12-15(2)6-7-20(18)34-24/h5-7,12,14,17,27H,1,8-11,13H2,2-4H3,(H2,26,28). The number of hydrogen-bond acceptors (Lipinski definition) is 6. The fraction of sp³-hybridized carbons (Fsp3) is 0.360. The lowest BCUT2D eigenvalue weighted by Gasteiger charge is -2.31. The van der Waals surface area contributed by atoms with Gasteiger partial charge in [0.1, 0.15) is 17.0 Å². The van der Waals surface area contributed by atoms with Crippen LogP contribution in [-0.2, 0) is 11.3 Å². The average Bonchev–Trinajstić information content (AvgIpc) is 3.36. The summed E-state index contributed by atoms with van der Waals surface area (Å²) in [5, 5.41) is 9.73. The molecule has 2 aromatic heterocycles. The molecule has 4 rings (SSSR count). The Labute approximate surface area is 198 Å². The number of likely N-dealkylation sites (tertiary alicyclic amines) is 1. The molecule has 1 saturated heterocycles. The van der Waals surface area contributed by atoms with Gasteiger partial charge in [-0.05, 0) is 50.8 Å². The van der Waals surface area contributed by atoms with Gasteiger partial charge >= 0.3 is 0 Å². The molecule has 3 N–H and O–H groups in total. The van der Waals surface area contributed by atoms with Gasteiger partial charge in [0.15, 0.2) is 17.9 Å². The van der Waals surface area contributed by atoms with Crippen molar-refractivity contribution in [2.75, 3.05) is 20.1 Å². The van der Waals surface area contributed by atoms with E-state index in [0.717, 1.165) is 34.9 Å². The molecule has 34 heavy (non-hydrogen) atoms. The highest BCUT2D eigenvalue weighted by molar-refractivity contribution is 6.08. The summed E-state index contributed by atoms with van der Waals surface area (Å²) in [5.74, 6) is 1.00. The minimum Gasteiger partial charge on any atom is -0.454 e. The molecule has 0 spiro atoms.